The van der Waals surface area contributed by atoms with E-state index in [1.807, 2.05) is 161 Å². The maximum atomic E-state index is 13.2. The van der Waals surface area contributed by atoms with Crippen LogP contribution < -0.4 is 63.2 Å². The van der Waals surface area contributed by atoms with Gasteiger partial charge in [0.2, 0.25) is 0 Å². The number of anilines is 8. The molecule has 11 heterocycles. The minimum Gasteiger partial charge on any atom is -0.497 e. The van der Waals surface area contributed by atoms with Crippen LogP contribution in [0.1, 0.15) is 71.9 Å². The van der Waals surface area contributed by atoms with Gasteiger partial charge in [-0.05, 0) is 143 Å². The second-order valence-electron chi connectivity index (χ2n) is 33.5. The van der Waals surface area contributed by atoms with Gasteiger partial charge in [-0.25, -0.2) is 24.6 Å². The topological polar surface area (TPSA) is 416 Å². The van der Waals surface area contributed by atoms with Crippen molar-refractivity contribution in [2.45, 2.75) is 51.2 Å². The zero-order chi connectivity index (χ0) is 98.5. The van der Waals surface area contributed by atoms with Gasteiger partial charge in [-0.1, -0.05) is 12.1 Å². The summed E-state index contributed by atoms with van der Waals surface area (Å²) in [6.45, 7) is 7.01. The Balaban J connectivity index is 0.000000132. The van der Waals surface area contributed by atoms with E-state index >= 15 is 0 Å². The third-order valence-corrected chi connectivity index (χ3v) is 24.4. The normalized spacial score (nSPS) is 13.3. The Bertz CT molecular complexity index is 7140. The van der Waals surface area contributed by atoms with E-state index in [1.54, 1.807) is 147 Å². The first-order valence-corrected chi connectivity index (χ1v) is 46.5. The molecule has 728 valence electrons. The van der Waals surface area contributed by atoms with Crippen molar-refractivity contribution in [2.24, 2.45) is 12.8 Å². The summed E-state index contributed by atoms with van der Waals surface area (Å²) >= 11 is 0. The average molecular weight is 1920 g/mol. The molecule has 1 atom stereocenters. The highest BCUT2D eigenvalue weighted by atomic mass is 16.5. The summed E-state index contributed by atoms with van der Waals surface area (Å²) in [6.07, 6.45) is 28.0. The second-order valence-corrected chi connectivity index (χ2v) is 33.5. The largest absolute Gasteiger partial charge is 0.497 e. The Morgan fingerprint density at radius 1 is 0.437 bits per heavy atom. The molecular weight excluding hydrogens is 1810 g/mol. The molecular formula is C105H109N23O14. The molecule has 0 radical (unpaired) electrons. The number of methoxy groups -OCH3 is 7. The molecule has 20 rings (SSSR count). The summed E-state index contributed by atoms with van der Waals surface area (Å²) in [5, 5.41) is 40.9. The molecule has 3 aliphatic heterocycles. The van der Waals surface area contributed by atoms with Gasteiger partial charge in [-0.3, -0.25) is 54.1 Å². The highest BCUT2D eigenvalue weighted by molar-refractivity contribution is 6.21. The van der Waals surface area contributed by atoms with Crippen molar-refractivity contribution < 1.29 is 67.2 Å². The number of H-pyrrole nitrogens is 2. The predicted octanol–water partition coefficient (Wildman–Crippen LogP) is 16.5. The molecule has 2 saturated heterocycles. The zero-order valence-corrected chi connectivity index (χ0v) is 79.9. The van der Waals surface area contributed by atoms with Crippen LogP contribution in [0.2, 0.25) is 0 Å². The highest BCUT2D eigenvalue weighted by Crippen LogP contribution is 2.42. The lowest BCUT2D eigenvalue weighted by atomic mass is 10.1. The number of hydrogen-bond acceptors (Lipinski definition) is 31. The van der Waals surface area contributed by atoms with Crippen molar-refractivity contribution >= 4 is 107 Å². The molecule has 3 aliphatic rings. The number of aromatic amines is 2. The fraction of sp³-hybridized carbons (Fsp3) is 0.267. The number of carboxylic acid groups (broad SMARTS) is 1. The van der Waals surface area contributed by atoms with Crippen LogP contribution in [0.4, 0.5) is 45.5 Å². The van der Waals surface area contributed by atoms with Crippen LogP contribution in [0.25, 0.3) is 89.2 Å². The number of fused-ring (bicyclic) bond motifs is 5. The molecule has 2 fully saturated rings. The molecule has 9 aromatic carbocycles. The lowest BCUT2D eigenvalue weighted by Gasteiger charge is -2.28. The first kappa shape index (κ1) is 96.9. The van der Waals surface area contributed by atoms with E-state index in [0.29, 0.717) is 99.2 Å². The van der Waals surface area contributed by atoms with Crippen molar-refractivity contribution in [3.8, 4) is 91.0 Å². The summed E-state index contributed by atoms with van der Waals surface area (Å²) in [6, 6.07) is 53.1. The van der Waals surface area contributed by atoms with Gasteiger partial charge >= 0.3 is 5.97 Å². The van der Waals surface area contributed by atoms with Gasteiger partial charge in [-0.2, -0.15) is 20.4 Å². The number of imide groups is 1. The van der Waals surface area contributed by atoms with Crippen molar-refractivity contribution in [1.82, 2.24) is 89.6 Å². The minimum atomic E-state index is -0.885. The number of aliphatic hydroxyl groups excluding tert-OH is 1. The Labute approximate surface area is 818 Å². The Morgan fingerprint density at radius 3 is 1.23 bits per heavy atom. The molecule has 0 spiro atoms. The molecule has 37 heteroatoms. The number of rotatable bonds is 35. The number of ether oxygens (including phenoxy) is 9. The number of nitrogens with two attached hydrogens (primary N) is 1. The number of likely N-dealkylation sites (tertiary alicyclic amines) is 1. The van der Waals surface area contributed by atoms with Crippen LogP contribution in [0.5, 0.6) is 46.0 Å². The Hall–Kier alpha value is -16.8. The van der Waals surface area contributed by atoms with Gasteiger partial charge in [0.05, 0.1) is 190 Å². The van der Waals surface area contributed by atoms with Gasteiger partial charge in [0, 0.05) is 218 Å². The molecule has 0 saturated carbocycles. The predicted molar refractivity (Wildman–Crippen MR) is 541 cm³/mol. The van der Waals surface area contributed by atoms with Gasteiger partial charge in [-0.15, -0.1) is 0 Å². The molecule has 0 bridgehead atoms. The second kappa shape index (κ2) is 45.7. The van der Waals surface area contributed by atoms with Crippen LogP contribution in [-0.2, 0) is 16.6 Å². The summed E-state index contributed by atoms with van der Waals surface area (Å²) in [5.41, 5.74) is 26.2. The van der Waals surface area contributed by atoms with Crippen LogP contribution in [0.15, 0.2) is 244 Å². The van der Waals surface area contributed by atoms with Gasteiger partial charge in [0.1, 0.15) is 58.8 Å². The number of aliphatic carboxylic acids is 1. The Kier molecular flexibility index (Phi) is 31.2. The van der Waals surface area contributed by atoms with Crippen LogP contribution in [0, 0.1) is 0 Å². The molecule has 2 amide bonds. The Morgan fingerprint density at radius 2 is 0.838 bits per heavy atom. The number of nitrogens with one attached hydrogen (secondary N) is 2. The maximum Gasteiger partial charge on any atom is 0.305 e. The van der Waals surface area contributed by atoms with E-state index in [1.165, 1.54) is 30.8 Å². The smallest absolute Gasteiger partial charge is 0.305 e. The monoisotopic (exact) mass is 1920 g/mol. The summed E-state index contributed by atoms with van der Waals surface area (Å²) in [7, 11) is 13.1. The SMILES string of the molecule is COc1cc(OC)cc(N(CCC(=O)O)c2ccc3ncc(-c4cnn(C)c4)nc3c2)c1.COc1cc(OC)cc(N(CCN)c2ccc3ncc(-c4cn[nH]c4)nc3c2)c1.COc1cc(OC)cc(N(CCN2C(=O)c3ccccc3C2=O)c2ccc3ncc(-c4cnn(C5CCCCO5)c4)nc3c2)c1.COc1cc(OCCO)cc(N(CCCN2CCCC2)c2ccc3ncc(-c4cn[nH]c4)nc3c2)c1. The third kappa shape index (κ3) is 23.1. The molecule has 6 N–H and O–H groups in total. The number of aliphatic hydroxyl groups is 1. The lowest BCUT2D eigenvalue weighted by molar-refractivity contribution is -0.136. The van der Waals surface area contributed by atoms with Crippen molar-refractivity contribution in [3.63, 3.8) is 0 Å². The third-order valence-electron chi connectivity index (χ3n) is 24.4. The zero-order valence-electron chi connectivity index (χ0n) is 79.9. The quantitative estimate of drug-likeness (QED) is 0.0230. The number of aryl methyl sites for hydroxylation is 1. The van der Waals surface area contributed by atoms with Crippen molar-refractivity contribution in [1.29, 1.82) is 0 Å². The first-order valence-electron chi connectivity index (χ1n) is 46.5. The number of carboxylic acids is 1. The number of hydrogen-bond donors (Lipinski definition) is 5. The number of carbonyl (C=O) groups excluding carboxylic acids is 2. The number of benzene rings is 9. The molecule has 8 aromatic heterocycles. The summed E-state index contributed by atoms with van der Waals surface area (Å²) in [4.78, 5) is 87.4. The highest BCUT2D eigenvalue weighted by Gasteiger charge is 2.36. The number of nitrogens with zero attached hydrogens (tertiary/aromatic N) is 20. The molecule has 0 aliphatic carbocycles. The maximum absolute atomic E-state index is 13.2. The number of aromatic nitrogens is 16. The van der Waals surface area contributed by atoms with E-state index in [9.17, 15) is 24.6 Å². The molecule has 1 unspecified atom stereocenters. The molecule has 37 nitrogen and oxygen atoms in total. The van der Waals surface area contributed by atoms with E-state index in [4.69, 9.17) is 68.3 Å². The number of carbonyl (C=O) groups is 3. The standard InChI is InChI=1S/C34H32N6O5.C27H32N6O3.C23H23N5O4.C21H22N6O2/c1-43-25-15-24(16-26(18-25)44-2)38(12-13-39-33(41)27-7-3-4-8-28(27)34(39)42)23-10-11-29-30(17-23)37-31(20-35-29)22-19-36-40(21-22)32-9-5-6-14-45-32;1-35-23-13-22(14-24(16-23)36-12-11-34)33(10-4-9-32-7-2-3-8-32)21-5-6-25-26(15-21)31-27(19-28-25)20-17-29-30-18-20;1-27-14-15(12-25-27)22-13-24-20-5-4-16(10-21(20)26-22)28(7-6-23(29)30)17-8-18(31-2)11-19(9-17)32-3;1-28-17-7-16(8-18(10-17)29-2)27(6-5-22)15-3-4-19-20(9-15)26-21(13-23-19)14-11-24-25-12-14/h3-4,7-8,10-11,15-21,32H,5-6,9,12-14H2,1-2H3;5-6,13-19,34H,2-4,7-12H2,1H3,(H,29,30);4-5,8-14H,6-7H2,1-3H3,(H,29,30);3-4,7-13H,5-6,22H2,1-2H3,(H,24,25). The lowest BCUT2D eigenvalue weighted by Crippen LogP contribution is -2.36. The van der Waals surface area contributed by atoms with Crippen molar-refractivity contribution in [2.75, 3.05) is 148 Å². The van der Waals surface area contributed by atoms with Gasteiger partial charge < -0.3 is 83.1 Å². The van der Waals surface area contributed by atoms with Crippen LogP contribution >= 0.6 is 0 Å². The van der Waals surface area contributed by atoms with Crippen molar-refractivity contribution in [3.05, 3.63) is 255 Å². The summed E-state index contributed by atoms with van der Waals surface area (Å²) in [5.74, 6) is 3.74. The molecule has 17 aromatic rings. The fourth-order valence-corrected chi connectivity index (χ4v) is 17.1. The van der Waals surface area contributed by atoms with Gasteiger partial charge in [0.25, 0.3) is 11.8 Å². The number of amides is 2. The van der Waals surface area contributed by atoms with E-state index < -0.39 is 5.97 Å². The summed E-state index contributed by atoms with van der Waals surface area (Å²) < 4.78 is 53.5. The molecule has 142 heavy (non-hydrogen) atoms. The minimum absolute atomic E-state index is 0.0427. The van der Waals surface area contributed by atoms with Crippen LogP contribution in [0.3, 0.4) is 0 Å². The van der Waals surface area contributed by atoms with Crippen LogP contribution in [-0.4, -0.2) is 246 Å². The average Bonchev–Trinajstić information content (AvgIpc) is 1.62. The van der Waals surface area contributed by atoms with E-state index in [0.717, 1.165) is 158 Å². The first-order chi connectivity index (χ1) is 69.4. The van der Waals surface area contributed by atoms with E-state index in [2.05, 4.69) is 77.4 Å². The van der Waals surface area contributed by atoms with Gasteiger partial charge in [0.15, 0.2) is 0 Å². The fourth-order valence-electron chi connectivity index (χ4n) is 17.1. The van der Waals surface area contributed by atoms with E-state index in [-0.39, 0.29) is 50.8 Å².